The maximum atomic E-state index is 11.3. The van der Waals surface area contributed by atoms with Gasteiger partial charge in [0.2, 0.25) is 0 Å². The molecular formula is C12H19ClO3. The summed E-state index contributed by atoms with van der Waals surface area (Å²) in [5, 5.41) is 0. The summed E-state index contributed by atoms with van der Waals surface area (Å²) in [6.07, 6.45) is 3.83. The highest BCUT2D eigenvalue weighted by Gasteiger charge is 2.27. The van der Waals surface area contributed by atoms with Crippen molar-refractivity contribution in [2.45, 2.75) is 38.7 Å². The molecule has 0 spiro atoms. The van der Waals surface area contributed by atoms with Gasteiger partial charge in [0.1, 0.15) is 0 Å². The Labute approximate surface area is 102 Å². The minimum atomic E-state index is -0.0877. The standard InChI is InChI=1S/C12H19ClO3/c1-9(7-13)8-16-11-5-3-10(4-6-11)12(14)15-2/h7,10-11H,3-6,8H2,1-2H3. The van der Waals surface area contributed by atoms with Crippen LogP contribution >= 0.6 is 11.6 Å². The Balaban J connectivity index is 2.24. The molecule has 0 radical (unpaired) electrons. The zero-order valence-electron chi connectivity index (χ0n) is 9.87. The molecule has 0 aliphatic heterocycles. The van der Waals surface area contributed by atoms with E-state index in [2.05, 4.69) is 0 Å². The minimum absolute atomic E-state index is 0.0644. The fourth-order valence-electron chi connectivity index (χ4n) is 1.91. The van der Waals surface area contributed by atoms with Crippen LogP contribution in [0.1, 0.15) is 32.6 Å². The van der Waals surface area contributed by atoms with E-state index in [1.54, 1.807) is 5.54 Å². The van der Waals surface area contributed by atoms with Gasteiger partial charge in [-0.1, -0.05) is 11.6 Å². The number of hydrogen-bond donors (Lipinski definition) is 0. The third-order valence-electron chi connectivity index (χ3n) is 2.94. The molecule has 1 aliphatic rings. The Morgan fingerprint density at radius 1 is 1.38 bits per heavy atom. The zero-order chi connectivity index (χ0) is 12.0. The SMILES string of the molecule is COC(=O)C1CCC(OCC(C)=CCl)CC1. The van der Waals surface area contributed by atoms with E-state index in [0.717, 1.165) is 31.3 Å². The molecule has 0 heterocycles. The predicted octanol–water partition coefficient (Wildman–Crippen LogP) is 2.88. The van der Waals surface area contributed by atoms with Gasteiger partial charge in [-0.25, -0.2) is 0 Å². The second-order valence-corrected chi connectivity index (χ2v) is 4.48. The Kier molecular flexibility index (Phi) is 5.85. The van der Waals surface area contributed by atoms with Crippen LogP contribution in [-0.2, 0) is 14.3 Å². The van der Waals surface area contributed by atoms with Crippen molar-refractivity contribution in [3.63, 3.8) is 0 Å². The molecular weight excluding hydrogens is 228 g/mol. The van der Waals surface area contributed by atoms with Crippen molar-refractivity contribution in [3.8, 4) is 0 Å². The molecule has 1 rings (SSSR count). The molecule has 0 atom stereocenters. The summed E-state index contributed by atoms with van der Waals surface area (Å²) in [5.74, 6) is -0.0233. The Morgan fingerprint density at radius 3 is 2.50 bits per heavy atom. The van der Waals surface area contributed by atoms with Crippen LogP contribution in [0.25, 0.3) is 0 Å². The van der Waals surface area contributed by atoms with Gasteiger partial charge in [0.05, 0.1) is 25.7 Å². The van der Waals surface area contributed by atoms with Gasteiger partial charge in [-0.15, -0.1) is 0 Å². The fraction of sp³-hybridized carbons (Fsp3) is 0.750. The van der Waals surface area contributed by atoms with Crippen molar-refractivity contribution in [3.05, 3.63) is 11.1 Å². The third kappa shape index (κ3) is 4.14. The van der Waals surface area contributed by atoms with E-state index in [9.17, 15) is 4.79 Å². The monoisotopic (exact) mass is 246 g/mol. The van der Waals surface area contributed by atoms with Crippen LogP contribution < -0.4 is 0 Å². The molecule has 0 aromatic heterocycles. The topological polar surface area (TPSA) is 35.5 Å². The van der Waals surface area contributed by atoms with Crippen molar-refractivity contribution < 1.29 is 14.3 Å². The van der Waals surface area contributed by atoms with E-state index in [0.29, 0.717) is 6.61 Å². The van der Waals surface area contributed by atoms with Crippen molar-refractivity contribution in [1.29, 1.82) is 0 Å². The highest BCUT2D eigenvalue weighted by Crippen LogP contribution is 2.27. The van der Waals surface area contributed by atoms with Gasteiger partial charge in [-0.05, 0) is 38.2 Å². The number of esters is 1. The van der Waals surface area contributed by atoms with Gasteiger partial charge in [-0.3, -0.25) is 4.79 Å². The predicted molar refractivity (Wildman–Crippen MR) is 63.3 cm³/mol. The molecule has 1 aliphatic carbocycles. The van der Waals surface area contributed by atoms with Crippen molar-refractivity contribution in [1.82, 2.24) is 0 Å². The van der Waals surface area contributed by atoms with E-state index >= 15 is 0 Å². The number of methoxy groups -OCH3 is 1. The maximum Gasteiger partial charge on any atom is 0.308 e. The molecule has 0 saturated heterocycles. The number of halogens is 1. The number of carbonyl (C=O) groups is 1. The van der Waals surface area contributed by atoms with Crippen LogP contribution in [0.5, 0.6) is 0 Å². The van der Waals surface area contributed by atoms with Crippen LogP contribution in [0.4, 0.5) is 0 Å². The first-order valence-electron chi connectivity index (χ1n) is 5.62. The van der Waals surface area contributed by atoms with Gasteiger partial charge in [0, 0.05) is 5.54 Å². The largest absolute Gasteiger partial charge is 0.469 e. The number of hydrogen-bond acceptors (Lipinski definition) is 3. The summed E-state index contributed by atoms with van der Waals surface area (Å²) in [4.78, 5) is 11.3. The lowest BCUT2D eigenvalue weighted by molar-refractivity contribution is -0.147. The molecule has 16 heavy (non-hydrogen) atoms. The summed E-state index contributed by atoms with van der Waals surface area (Å²) in [6.45, 7) is 2.52. The second kappa shape index (κ2) is 6.92. The molecule has 92 valence electrons. The van der Waals surface area contributed by atoms with Crippen molar-refractivity contribution in [2.24, 2.45) is 5.92 Å². The molecule has 0 N–H and O–H groups in total. The van der Waals surface area contributed by atoms with Gasteiger partial charge < -0.3 is 9.47 Å². The Hall–Kier alpha value is -0.540. The van der Waals surface area contributed by atoms with Crippen LogP contribution in [0.3, 0.4) is 0 Å². The summed E-state index contributed by atoms with van der Waals surface area (Å²) < 4.78 is 10.4. The quantitative estimate of drug-likeness (QED) is 0.716. The average Bonchev–Trinajstić information content (AvgIpc) is 2.35. The van der Waals surface area contributed by atoms with E-state index in [1.165, 1.54) is 7.11 Å². The maximum absolute atomic E-state index is 11.3. The summed E-state index contributed by atoms with van der Waals surface area (Å²) in [6, 6.07) is 0. The van der Waals surface area contributed by atoms with Crippen LogP contribution in [0, 0.1) is 5.92 Å². The van der Waals surface area contributed by atoms with Gasteiger partial charge in [0.15, 0.2) is 0 Å². The molecule has 0 amide bonds. The summed E-state index contributed by atoms with van der Waals surface area (Å²) in [5.41, 5.74) is 2.57. The first kappa shape index (κ1) is 13.5. The number of rotatable bonds is 4. The van der Waals surface area contributed by atoms with Crippen LogP contribution in [0.2, 0.25) is 0 Å². The van der Waals surface area contributed by atoms with Gasteiger partial charge in [-0.2, -0.15) is 0 Å². The highest BCUT2D eigenvalue weighted by atomic mass is 35.5. The summed E-state index contributed by atoms with van der Waals surface area (Å²) in [7, 11) is 1.44. The average molecular weight is 247 g/mol. The van der Waals surface area contributed by atoms with Crippen molar-refractivity contribution in [2.75, 3.05) is 13.7 Å². The molecule has 0 unspecified atom stereocenters. The molecule has 4 heteroatoms. The van der Waals surface area contributed by atoms with E-state index < -0.39 is 0 Å². The lowest BCUT2D eigenvalue weighted by atomic mass is 9.87. The molecule has 1 fully saturated rings. The first-order chi connectivity index (χ1) is 7.67. The Bertz CT molecular complexity index is 255. The molecule has 0 aromatic rings. The smallest absolute Gasteiger partial charge is 0.308 e. The van der Waals surface area contributed by atoms with Crippen LogP contribution in [0.15, 0.2) is 11.1 Å². The molecule has 0 aromatic carbocycles. The van der Waals surface area contributed by atoms with Crippen LogP contribution in [-0.4, -0.2) is 25.8 Å². The third-order valence-corrected chi connectivity index (χ3v) is 3.31. The van der Waals surface area contributed by atoms with E-state index in [1.807, 2.05) is 6.92 Å². The Morgan fingerprint density at radius 2 is 2.00 bits per heavy atom. The fourth-order valence-corrected chi connectivity index (χ4v) is 1.98. The number of ether oxygens (including phenoxy) is 2. The van der Waals surface area contributed by atoms with Gasteiger partial charge in [0.25, 0.3) is 0 Å². The highest BCUT2D eigenvalue weighted by molar-refractivity contribution is 6.25. The minimum Gasteiger partial charge on any atom is -0.469 e. The second-order valence-electron chi connectivity index (χ2n) is 4.26. The lowest BCUT2D eigenvalue weighted by Crippen LogP contribution is -2.27. The van der Waals surface area contributed by atoms with E-state index in [4.69, 9.17) is 21.1 Å². The summed E-state index contributed by atoms with van der Waals surface area (Å²) >= 11 is 5.55. The molecule has 1 saturated carbocycles. The zero-order valence-corrected chi connectivity index (χ0v) is 10.6. The van der Waals surface area contributed by atoms with Crippen molar-refractivity contribution >= 4 is 17.6 Å². The molecule has 3 nitrogen and oxygen atoms in total. The van der Waals surface area contributed by atoms with Gasteiger partial charge >= 0.3 is 5.97 Å². The normalized spacial score (nSPS) is 26.6. The molecule has 0 bridgehead atoms. The lowest BCUT2D eigenvalue weighted by Gasteiger charge is -2.27. The number of carbonyl (C=O) groups excluding carboxylic acids is 1. The van der Waals surface area contributed by atoms with E-state index in [-0.39, 0.29) is 18.0 Å². The first-order valence-corrected chi connectivity index (χ1v) is 6.06.